The molecule has 2 heterocycles. The van der Waals surface area contributed by atoms with Gasteiger partial charge in [-0.25, -0.2) is 0 Å². The fourth-order valence-corrected chi connectivity index (χ4v) is 3.65. The summed E-state index contributed by atoms with van der Waals surface area (Å²) in [5.74, 6) is 0.982. The Morgan fingerprint density at radius 2 is 1.77 bits per heavy atom. The molecule has 2 saturated heterocycles. The van der Waals surface area contributed by atoms with Gasteiger partial charge in [0.1, 0.15) is 0 Å². The number of nitrogens with zero attached hydrogens (tertiary/aromatic N) is 1. The first-order valence-electron chi connectivity index (χ1n) is 9.46. The molecule has 3 rings (SSSR count). The molecule has 0 aromatic heterocycles. The predicted octanol–water partition coefficient (Wildman–Crippen LogP) is 3.23. The van der Waals surface area contributed by atoms with Crippen LogP contribution in [0.4, 0.5) is 5.69 Å². The summed E-state index contributed by atoms with van der Waals surface area (Å²) < 4.78 is 0. The lowest BCUT2D eigenvalue weighted by Crippen LogP contribution is -2.38. The number of hydrogen-bond acceptors (Lipinski definition) is 3. The second kappa shape index (κ2) is 9.38. The molecule has 5 nitrogen and oxygen atoms in total. The highest BCUT2D eigenvalue weighted by molar-refractivity contribution is 5.97. The number of carbonyl (C=O) groups excluding carboxylic acids is 2. The van der Waals surface area contributed by atoms with Gasteiger partial charge in [0, 0.05) is 30.3 Å². The van der Waals surface area contributed by atoms with Gasteiger partial charge < -0.3 is 15.5 Å². The molecule has 144 valence electrons. The molecule has 6 heteroatoms. The lowest BCUT2D eigenvalue weighted by Gasteiger charge is -2.30. The van der Waals surface area contributed by atoms with Crippen LogP contribution in [0.1, 0.15) is 48.5 Å². The molecule has 2 amide bonds. The van der Waals surface area contributed by atoms with E-state index in [1.165, 1.54) is 0 Å². The zero-order valence-electron chi connectivity index (χ0n) is 15.7. The molecule has 0 bridgehead atoms. The molecule has 2 N–H and O–H groups in total. The Hall–Kier alpha value is -1.59. The van der Waals surface area contributed by atoms with Gasteiger partial charge in [0.25, 0.3) is 5.91 Å². The van der Waals surface area contributed by atoms with E-state index in [2.05, 4.69) is 17.6 Å². The SMILES string of the molecule is Cc1cc(C(=O)N2CCC(C)CC2)ccc1NC(=O)C1CCNCC1.Cl. The molecule has 0 spiro atoms. The minimum Gasteiger partial charge on any atom is -0.339 e. The minimum absolute atomic E-state index is 0. The van der Waals surface area contributed by atoms with E-state index in [4.69, 9.17) is 0 Å². The van der Waals surface area contributed by atoms with Crippen LogP contribution in [-0.2, 0) is 4.79 Å². The third-order valence-electron chi connectivity index (χ3n) is 5.51. The number of piperidine rings is 2. The summed E-state index contributed by atoms with van der Waals surface area (Å²) in [5.41, 5.74) is 2.47. The highest BCUT2D eigenvalue weighted by atomic mass is 35.5. The summed E-state index contributed by atoms with van der Waals surface area (Å²) in [6.07, 6.45) is 3.92. The number of rotatable bonds is 3. The first kappa shape index (κ1) is 20.7. The normalized spacial score (nSPS) is 18.9. The molecule has 26 heavy (non-hydrogen) atoms. The molecular weight excluding hydrogens is 350 g/mol. The number of carbonyl (C=O) groups is 2. The maximum atomic E-state index is 12.7. The van der Waals surface area contributed by atoms with Crippen molar-refractivity contribution in [2.24, 2.45) is 11.8 Å². The Labute approximate surface area is 162 Å². The van der Waals surface area contributed by atoms with Crippen molar-refractivity contribution in [1.82, 2.24) is 10.2 Å². The molecule has 1 aromatic carbocycles. The Morgan fingerprint density at radius 3 is 2.38 bits per heavy atom. The summed E-state index contributed by atoms with van der Waals surface area (Å²) >= 11 is 0. The summed E-state index contributed by atoms with van der Waals surface area (Å²) in [5, 5.41) is 6.32. The van der Waals surface area contributed by atoms with Gasteiger partial charge in [-0.15, -0.1) is 12.4 Å². The number of likely N-dealkylation sites (tertiary alicyclic amines) is 1. The molecule has 2 fully saturated rings. The van der Waals surface area contributed by atoms with E-state index >= 15 is 0 Å². The van der Waals surface area contributed by atoms with E-state index < -0.39 is 0 Å². The summed E-state index contributed by atoms with van der Waals surface area (Å²) in [4.78, 5) is 27.0. The van der Waals surface area contributed by atoms with Gasteiger partial charge in [0.05, 0.1) is 0 Å². The van der Waals surface area contributed by atoms with Crippen molar-refractivity contribution in [3.05, 3.63) is 29.3 Å². The maximum Gasteiger partial charge on any atom is 0.253 e. The van der Waals surface area contributed by atoms with Crippen LogP contribution in [0.3, 0.4) is 0 Å². The second-order valence-electron chi connectivity index (χ2n) is 7.52. The van der Waals surface area contributed by atoms with E-state index in [0.29, 0.717) is 11.5 Å². The molecule has 0 radical (unpaired) electrons. The van der Waals surface area contributed by atoms with Gasteiger partial charge in [-0.1, -0.05) is 6.92 Å². The van der Waals surface area contributed by atoms with Gasteiger partial charge in [0.2, 0.25) is 5.91 Å². The summed E-state index contributed by atoms with van der Waals surface area (Å²) in [7, 11) is 0. The van der Waals surface area contributed by atoms with Crippen LogP contribution in [0, 0.1) is 18.8 Å². The van der Waals surface area contributed by atoms with Crippen LogP contribution in [-0.4, -0.2) is 42.9 Å². The Morgan fingerprint density at radius 1 is 1.12 bits per heavy atom. The standard InChI is InChI=1S/C20H29N3O2.ClH/c1-14-7-11-23(12-8-14)20(25)17-3-4-18(15(2)13-17)22-19(24)16-5-9-21-10-6-16;/h3-4,13-14,16,21H,5-12H2,1-2H3,(H,22,24);1H. The quantitative estimate of drug-likeness (QED) is 0.847. The van der Waals surface area contributed by atoms with Crippen molar-refractivity contribution in [3.63, 3.8) is 0 Å². The van der Waals surface area contributed by atoms with E-state index in [9.17, 15) is 9.59 Å². The van der Waals surface area contributed by atoms with E-state index in [-0.39, 0.29) is 30.1 Å². The number of halogens is 1. The molecule has 0 unspecified atom stereocenters. The van der Waals surface area contributed by atoms with Crippen molar-refractivity contribution in [2.75, 3.05) is 31.5 Å². The third kappa shape index (κ3) is 4.98. The second-order valence-corrected chi connectivity index (χ2v) is 7.52. The summed E-state index contributed by atoms with van der Waals surface area (Å²) in [6, 6.07) is 5.61. The van der Waals surface area contributed by atoms with Crippen LogP contribution < -0.4 is 10.6 Å². The van der Waals surface area contributed by atoms with Crippen molar-refractivity contribution in [3.8, 4) is 0 Å². The number of benzene rings is 1. The van der Waals surface area contributed by atoms with Crippen molar-refractivity contribution >= 4 is 29.9 Å². The summed E-state index contributed by atoms with van der Waals surface area (Å²) in [6.45, 7) is 7.68. The first-order valence-corrected chi connectivity index (χ1v) is 9.46. The molecule has 0 aliphatic carbocycles. The van der Waals surface area contributed by atoms with Gasteiger partial charge in [-0.3, -0.25) is 9.59 Å². The number of amides is 2. The lowest BCUT2D eigenvalue weighted by molar-refractivity contribution is -0.120. The van der Waals surface area contributed by atoms with Gasteiger partial charge >= 0.3 is 0 Å². The average Bonchev–Trinajstić information content (AvgIpc) is 2.64. The molecule has 2 aliphatic heterocycles. The van der Waals surface area contributed by atoms with Crippen LogP contribution in [0.2, 0.25) is 0 Å². The molecule has 1 aromatic rings. The van der Waals surface area contributed by atoms with Gasteiger partial charge in [-0.05, 0) is 75.4 Å². The van der Waals surface area contributed by atoms with E-state index in [1.54, 1.807) is 0 Å². The van der Waals surface area contributed by atoms with Crippen molar-refractivity contribution in [1.29, 1.82) is 0 Å². The van der Waals surface area contributed by atoms with Crippen LogP contribution in [0.25, 0.3) is 0 Å². The van der Waals surface area contributed by atoms with Crippen molar-refractivity contribution < 1.29 is 9.59 Å². The molecule has 0 atom stereocenters. The van der Waals surface area contributed by atoms with Crippen LogP contribution >= 0.6 is 12.4 Å². The molecule has 2 aliphatic rings. The van der Waals surface area contributed by atoms with E-state index in [1.807, 2.05) is 30.0 Å². The highest BCUT2D eigenvalue weighted by Crippen LogP contribution is 2.22. The maximum absolute atomic E-state index is 12.7. The monoisotopic (exact) mass is 379 g/mol. The fraction of sp³-hybridized carbons (Fsp3) is 0.600. The Kier molecular flexibility index (Phi) is 7.47. The number of nitrogens with one attached hydrogen (secondary N) is 2. The smallest absolute Gasteiger partial charge is 0.253 e. The number of hydrogen-bond donors (Lipinski definition) is 2. The minimum atomic E-state index is 0. The van der Waals surface area contributed by atoms with Crippen LogP contribution in [0.15, 0.2) is 18.2 Å². The molecule has 0 saturated carbocycles. The highest BCUT2D eigenvalue weighted by Gasteiger charge is 2.23. The molecular formula is C20H30ClN3O2. The number of anilines is 1. The zero-order valence-corrected chi connectivity index (χ0v) is 16.5. The Bertz CT molecular complexity index is 636. The van der Waals surface area contributed by atoms with Gasteiger partial charge in [0.15, 0.2) is 0 Å². The average molecular weight is 380 g/mol. The first-order chi connectivity index (χ1) is 12.0. The third-order valence-corrected chi connectivity index (χ3v) is 5.51. The Balaban J connectivity index is 0.00000243. The predicted molar refractivity (Wildman–Crippen MR) is 107 cm³/mol. The lowest BCUT2D eigenvalue weighted by atomic mass is 9.96. The van der Waals surface area contributed by atoms with Gasteiger partial charge in [-0.2, -0.15) is 0 Å². The van der Waals surface area contributed by atoms with Crippen LogP contribution in [0.5, 0.6) is 0 Å². The fourth-order valence-electron chi connectivity index (χ4n) is 3.65. The largest absolute Gasteiger partial charge is 0.339 e. The number of aryl methyl sites for hydroxylation is 1. The zero-order chi connectivity index (χ0) is 17.8. The van der Waals surface area contributed by atoms with E-state index in [0.717, 1.165) is 63.1 Å². The van der Waals surface area contributed by atoms with Crippen molar-refractivity contribution in [2.45, 2.75) is 39.5 Å². The topological polar surface area (TPSA) is 61.4 Å².